The van der Waals surface area contributed by atoms with Crippen LogP contribution in [-0.4, -0.2) is 78.8 Å². The van der Waals surface area contributed by atoms with E-state index < -0.39 is 6.10 Å². The zero-order valence-electron chi connectivity index (χ0n) is 17.5. The number of aliphatic hydroxyl groups is 1. The van der Waals surface area contributed by atoms with Crippen LogP contribution in [0.5, 0.6) is 5.75 Å². The molecule has 1 amide bonds. The van der Waals surface area contributed by atoms with Crippen LogP contribution in [0.1, 0.15) is 39.2 Å². The monoisotopic (exact) mass is 389 g/mol. The fourth-order valence-electron chi connectivity index (χ4n) is 3.43. The molecule has 3 rings (SSSR count). The number of aliphatic hydroxyl groups excluding tert-OH is 1. The van der Waals surface area contributed by atoms with Gasteiger partial charge in [0.15, 0.2) is 0 Å². The topological polar surface area (TPSA) is 65.0 Å². The molecule has 2 aliphatic rings. The lowest BCUT2D eigenvalue weighted by Crippen LogP contribution is -2.51. The normalized spacial score (nSPS) is 20.0. The number of ether oxygens (including phenoxy) is 1. The number of amides is 1. The molecule has 0 bridgehead atoms. The van der Waals surface area contributed by atoms with E-state index in [9.17, 15) is 9.90 Å². The number of nitrogens with zero attached hydrogens (tertiary/aromatic N) is 2. The molecular formula is C22H35N3O3. The molecule has 1 aliphatic heterocycles. The Labute approximate surface area is 168 Å². The average Bonchev–Trinajstić information content (AvgIpc) is 3.45. The summed E-state index contributed by atoms with van der Waals surface area (Å²) in [4.78, 5) is 16.3. The Hall–Kier alpha value is -1.63. The predicted molar refractivity (Wildman–Crippen MR) is 111 cm³/mol. The van der Waals surface area contributed by atoms with Gasteiger partial charge in [-0.15, -0.1) is 0 Å². The summed E-state index contributed by atoms with van der Waals surface area (Å²) in [5.74, 6) is 0.931. The van der Waals surface area contributed by atoms with E-state index in [1.165, 1.54) is 5.56 Å². The van der Waals surface area contributed by atoms with Crippen molar-refractivity contribution in [2.75, 3.05) is 45.9 Å². The van der Waals surface area contributed by atoms with E-state index in [1.54, 1.807) is 0 Å². The third-order valence-electron chi connectivity index (χ3n) is 5.41. The first-order chi connectivity index (χ1) is 13.3. The molecule has 1 heterocycles. The number of piperazine rings is 1. The maximum Gasteiger partial charge on any atom is 0.234 e. The van der Waals surface area contributed by atoms with Gasteiger partial charge in [0.2, 0.25) is 5.91 Å². The Morgan fingerprint density at radius 3 is 2.32 bits per heavy atom. The van der Waals surface area contributed by atoms with Crippen molar-refractivity contribution >= 4 is 5.91 Å². The molecule has 0 radical (unpaired) electrons. The Morgan fingerprint density at radius 2 is 1.75 bits per heavy atom. The van der Waals surface area contributed by atoms with Gasteiger partial charge in [-0.3, -0.25) is 14.6 Å². The molecule has 6 heteroatoms. The maximum atomic E-state index is 11.9. The predicted octanol–water partition coefficient (Wildman–Crippen LogP) is 1.62. The first-order valence-corrected chi connectivity index (χ1v) is 10.4. The number of benzene rings is 1. The van der Waals surface area contributed by atoms with E-state index in [2.05, 4.69) is 48.0 Å². The van der Waals surface area contributed by atoms with Crippen LogP contribution in [0.4, 0.5) is 0 Å². The highest BCUT2D eigenvalue weighted by atomic mass is 16.5. The molecule has 1 saturated carbocycles. The quantitative estimate of drug-likeness (QED) is 0.707. The molecule has 0 aromatic heterocycles. The van der Waals surface area contributed by atoms with Crippen molar-refractivity contribution in [3.63, 3.8) is 0 Å². The summed E-state index contributed by atoms with van der Waals surface area (Å²) in [7, 11) is 0. The highest BCUT2D eigenvalue weighted by Gasteiger charge is 2.25. The lowest BCUT2D eigenvalue weighted by atomic mass is 9.87. The summed E-state index contributed by atoms with van der Waals surface area (Å²) in [6.45, 7) is 11.4. The van der Waals surface area contributed by atoms with Crippen LogP contribution in [0.3, 0.4) is 0 Å². The Bertz CT molecular complexity index is 629. The summed E-state index contributed by atoms with van der Waals surface area (Å²) in [6.07, 6.45) is 1.73. The minimum absolute atomic E-state index is 0.124. The van der Waals surface area contributed by atoms with Crippen molar-refractivity contribution in [2.45, 2.75) is 51.2 Å². The molecule has 1 atom stereocenters. The van der Waals surface area contributed by atoms with E-state index in [1.807, 2.05) is 12.1 Å². The van der Waals surface area contributed by atoms with Crippen LogP contribution in [-0.2, 0) is 10.2 Å². The fraction of sp³-hybridized carbons (Fsp3) is 0.682. The van der Waals surface area contributed by atoms with Gasteiger partial charge < -0.3 is 15.2 Å². The van der Waals surface area contributed by atoms with Crippen LogP contribution < -0.4 is 10.1 Å². The molecular weight excluding hydrogens is 354 g/mol. The molecule has 1 saturated heterocycles. The molecule has 1 aromatic rings. The van der Waals surface area contributed by atoms with Gasteiger partial charge >= 0.3 is 0 Å². The molecule has 0 spiro atoms. The molecule has 2 N–H and O–H groups in total. The largest absolute Gasteiger partial charge is 0.491 e. The third-order valence-corrected chi connectivity index (χ3v) is 5.41. The van der Waals surface area contributed by atoms with Crippen LogP contribution in [0.2, 0.25) is 0 Å². The van der Waals surface area contributed by atoms with Crippen molar-refractivity contribution in [1.82, 2.24) is 15.1 Å². The number of rotatable bonds is 8. The number of β-amino-alcohol motifs (C(OH)–C–C–N with tert-alkyl or cyclic N) is 1. The zero-order chi connectivity index (χ0) is 20.1. The van der Waals surface area contributed by atoms with Gasteiger partial charge in [-0.2, -0.15) is 0 Å². The van der Waals surface area contributed by atoms with Crippen molar-refractivity contribution in [3.8, 4) is 5.75 Å². The smallest absolute Gasteiger partial charge is 0.234 e. The van der Waals surface area contributed by atoms with E-state index in [4.69, 9.17) is 4.74 Å². The number of hydrogen-bond donors (Lipinski definition) is 2. The van der Waals surface area contributed by atoms with Crippen molar-refractivity contribution in [1.29, 1.82) is 0 Å². The second-order valence-corrected chi connectivity index (χ2v) is 9.16. The van der Waals surface area contributed by atoms with Crippen molar-refractivity contribution < 1.29 is 14.6 Å². The fourth-order valence-corrected chi connectivity index (χ4v) is 3.43. The lowest BCUT2D eigenvalue weighted by Gasteiger charge is -2.35. The molecule has 1 aromatic carbocycles. The molecule has 28 heavy (non-hydrogen) atoms. The Kier molecular flexibility index (Phi) is 6.96. The van der Waals surface area contributed by atoms with Crippen molar-refractivity contribution in [2.24, 2.45) is 0 Å². The molecule has 2 fully saturated rings. The SMILES string of the molecule is CC(C)(C)c1ccc(OCC(O)CN2CCN(CC(=O)NC3CC3)CC2)cc1. The van der Waals surface area contributed by atoms with Crippen LogP contribution in [0, 0.1) is 0 Å². The zero-order valence-corrected chi connectivity index (χ0v) is 17.5. The summed E-state index contributed by atoms with van der Waals surface area (Å²) in [5.41, 5.74) is 1.39. The number of nitrogens with one attached hydrogen (secondary N) is 1. The molecule has 1 unspecified atom stereocenters. The summed E-state index contributed by atoms with van der Waals surface area (Å²) in [5, 5.41) is 13.4. The number of carbonyl (C=O) groups excluding carboxylic acids is 1. The van der Waals surface area contributed by atoms with Gasteiger partial charge in [0.25, 0.3) is 0 Å². The summed E-state index contributed by atoms with van der Waals surface area (Å²) < 4.78 is 5.75. The standard InChI is InChI=1S/C22H35N3O3/c1-22(2,3)17-4-8-20(9-5-17)28-16-19(26)14-24-10-12-25(13-11-24)15-21(27)23-18-6-7-18/h4-5,8-9,18-19,26H,6-7,10-16H2,1-3H3,(H,23,27). The Morgan fingerprint density at radius 1 is 1.14 bits per heavy atom. The third kappa shape index (κ3) is 6.76. The first kappa shape index (κ1) is 21.1. The van der Waals surface area contributed by atoms with Crippen LogP contribution >= 0.6 is 0 Å². The summed E-state index contributed by atoms with van der Waals surface area (Å²) in [6, 6.07) is 8.53. The van der Waals surface area contributed by atoms with E-state index in [-0.39, 0.29) is 11.3 Å². The van der Waals surface area contributed by atoms with Gasteiger partial charge in [-0.1, -0.05) is 32.9 Å². The van der Waals surface area contributed by atoms with Gasteiger partial charge in [0, 0.05) is 38.8 Å². The van der Waals surface area contributed by atoms with E-state index in [0.717, 1.165) is 44.8 Å². The average molecular weight is 390 g/mol. The minimum atomic E-state index is -0.521. The summed E-state index contributed by atoms with van der Waals surface area (Å²) >= 11 is 0. The highest BCUT2D eigenvalue weighted by molar-refractivity contribution is 5.78. The Balaban J connectivity index is 1.33. The second kappa shape index (κ2) is 9.25. The van der Waals surface area contributed by atoms with Crippen LogP contribution in [0.25, 0.3) is 0 Å². The van der Waals surface area contributed by atoms with Crippen molar-refractivity contribution in [3.05, 3.63) is 29.8 Å². The molecule has 156 valence electrons. The van der Waals surface area contributed by atoms with Gasteiger partial charge in [0.1, 0.15) is 18.5 Å². The number of carbonyl (C=O) groups is 1. The second-order valence-electron chi connectivity index (χ2n) is 9.16. The highest BCUT2D eigenvalue weighted by Crippen LogP contribution is 2.24. The van der Waals surface area contributed by atoms with Gasteiger partial charge in [0.05, 0.1) is 6.54 Å². The maximum absolute atomic E-state index is 11.9. The van der Waals surface area contributed by atoms with Gasteiger partial charge in [-0.05, 0) is 36.0 Å². The lowest BCUT2D eigenvalue weighted by molar-refractivity contribution is -0.122. The number of hydrogen-bond acceptors (Lipinski definition) is 5. The van der Waals surface area contributed by atoms with E-state index in [0.29, 0.717) is 25.7 Å². The van der Waals surface area contributed by atoms with Gasteiger partial charge in [-0.25, -0.2) is 0 Å². The van der Waals surface area contributed by atoms with E-state index >= 15 is 0 Å². The first-order valence-electron chi connectivity index (χ1n) is 10.4. The minimum Gasteiger partial charge on any atom is -0.491 e. The molecule has 6 nitrogen and oxygen atoms in total. The van der Waals surface area contributed by atoms with Crippen LogP contribution in [0.15, 0.2) is 24.3 Å². The molecule has 1 aliphatic carbocycles.